The largest absolute Gasteiger partial charge is 0.465 e. The number of carbonyl (C=O) groups is 2. The molecule has 1 aliphatic rings. The second kappa shape index (κ2) is 9.77. The highest BCUT2D eigenvalue weighted by Gasteiger charge is 2.66. The fraction of sp³-hybridized carbons (Fsp3) is 0.444. The smallest absolute Gasteiger partial charge is 0.332 e. The minimum absolute atomic E-state index is 0.148. The number of nitrogens with zero attached hydrogens (tertiary/aromatic N) is 2. The summed E-state index contributed by atoms with van der Waals surface area (Å²) in [5.41, 5.74) is 0.504. The van der Waals surface area contributed by atoms with Gasteiger partial charge in [-0.25, -0.2) is 4.99 Å². The summed E-state index contributed by atoms with van der Waals surface area (Å²) in [6.45, 7) is 12.3. The minimum atomic E-state index is -1.72. The van der Waals surface area contributed by atoms with Gasteiger partial charge in [-0.3, -0.25) is 9.59 Å². The molecule has 0 aliphatic carbocycles. The molecule has 0 saturated carbocycles. The van der Waals surface area contributed by atoms with Crippen molar-refractivity contribution in [3.63, 3.8) is 0 Å². The fourth-order valence-corrected chi connectivity index (χ4v) is 4.34. The number of aryl methyl sites for hydroxylation is 1. The van der Waals surface area contributed by atoms with E-state index in [0.29, 0.717) is 18.1 Å². The van der Waals surface area contributed by atoms with Crippen LogP contribution in [0.4, 0.5) is 5.69 Å². The molecular weight excluding hydrogens is 416 g/mol. The third-order valence-corrected chi connectivity index (χ3v) is 5.97. The number of amidine groups is 1. The molecule has 176 valence electrons. The summed E-state index contributed by atoms with van der Waals surface area (Å²) in [4.78, 5) is 34.5. The first kappa shape index (κ1) is 24.5. The predicted octanol–water partition coefficient (Wildman–Crippen LogP) is 5.04. The Morgan fingerprint density at radius 2 is 1.52 bits per heavy atom. The van der Waals surface area contributed by atoms with E-state index in [4.69, 9.17) is 14.5 Å². The monoisotopic (exact) mass is 450 g/mol. The van der Waals surface area contributed by atoms with Gasteiger partial charge in [0.05, 0.1) is 18.9 Å². The zero-order valence-electron chi connectivity index (χ0n) is 20.4. The van der Waals surface area contributed by atoms with Crippen LogP contribution < -0.4 is 0 Å². The van der Waals surface area contributed by atoms with E-state index >= 15 is 0 Å². The summed E-state index contributed by atoms with van der Waals surface area (Å²) in [6, 6.07) is 17.3. The molecule has 6 heteroatoms. The van der Waals surface area contributed by atoms with Gasteiger partial charge in [0.2, 0.25) is 5.41 Å². The van der Waals surface area contributed by atoms with Gasteiger partial charge in [0.25, 0.3) is 0 Å². The van der Waals surface area contributed by atoms with Gasteiger partial charge in [0.15, 0.2) is 0 Å². The van der Waals surface area contributed by atoms with E-state index in [2.05, 4.69) is 0 Å². The molecule has 0 radical (unpaired) electrons. The molecule has 0 N–H and O–H groups in total. The molecule has 33 heavy (non-hydrogen) atoms. The number of likely N-dealkylation sites (tertiary alicyclic amines) is 1. The van der Waals surface area contributed by atoms with Gasteiger partial charge in [-0.15, -0.1) is 0 Å². The Morgan fingerprint density at radius 1 is 0.970 bits per heavy atom. The topological polar surface area (TPSA) is 68.2 Å². The maximum absolute atomic E-state index is 13.8. The Labute approximate surface area is 196 Å². The number of carbonyl (C=O) groups excluding carboxylic acids is 2. The van der Waals surface area contributed by atoms with E-state index in [9.17, 15) is 9.59 Å². The molecule has 2 aromatic rings. The van der Waals surface area contributed by atoms with Gasteiger partial charge in [-0.1, -0.05) is 48.0 Å². The zero-order valence-corrected chi connectivity index (χ0v) is 20.4. The molecule has 1 heterocycles. The molecule has 0 bridgehead atoms. The fourth-order valence-electron chi connectivity index (χ4n) is 4.34. The predicted molar refractivity (Wildman–Crippen MR) is 130 cm³/mol. The number of hydrogen-bond donors (Lipinski definition) is 0. The van der Waals surface area contributed by atoms with Crippen molar-refractivity contribution in [2.45, 2.75) is 53.0 Å². The molecule has 1 saturated heterocycles. The molecule has 0 spiro atoms. The Morgan fingerprint density at radius 3 is 2.00 bits per heavy atom. The molecular formula is C27H34N2O4. The third-order valence-electron chi connectivity index (χ3n) is 5.97. The van der Waals surface area contributed by atoms with Crippen molar-refractivity contribution in [2.75, 3.05) is 19.8 Å². The van der Waals surface area contributed by atoms with Gasteiger partial charge in [0, 0.05) is 18.0 Å². The van der Waals surface area contributed by atoms with Gasteiger partial charge in [-0.2, -0.15) is 0 Å². The highest BCUT2D eigenvalue weighted by atomic mass is 16.6. The Hall–Kier alpha value is -3.15. The maximum atomic E-state index is 13.8. The van der Waals surface area contributed by atoms with E-state index in [1.807, 2.05) is 87.2 Å². The van der Waals surface area contributed by atoms with Gasteiger partial charge >= 0.3 is 11.9 Å². The van der Waals surface area contributed by atoms with Crippen molar-refractivity contribution >= 4 is 23.5 Å². The highest BCUT2D eigenvalue weighted by Crippen LogP contribution is 2.49. The van der Waals surface area contributed by atoms with Crippen LogP contribution in [0, 0.1) is 12.3 Å². The molecule has 1 aliphatic heterocycles. The lowest BCUT2D eigenvalue weighted by molar-refractivity contribution is -0.167. The van der Waals surface area contributed by atoms with Crippen molar-refractivity contribution in [1.29, 1.82) is 0 Å². The van der Waals surface area contributed by atoms with Gasteiger partial charge in [-0.05, 0) is 59.2 Å². The van der Waals surface area contributed by atoms with Crippen LogP contribution >= 0.6 is 0 Å². The zero-order chi connectivity index (χ0) is 24.2. The number of hydrogen-bond acceptors (Lipinski definition) is 5. The third kappa shape index (κ3) is 4.65. The summed E-state index contributed by atoms with van der Waals surface area (Å²) in [7, 11) is 0. The molecule has 2 aromatic carbocycles. The molecule has 0 aromatic heterocycles. The van der Waals surface area contributed by atoms with Crippen molar-refractivity contribution < 1.29 is 19.1 Å². The average molecular weight is 451 g/mol. The first-order chi connectivity index (χ1) is 15.7. The molecule has 6 nitrogen and oxygen atoms in total. The minimum Gasteiger partial charge on any atom is -0.465 e. The number of aliphatic imine (C=N–C) groups is 1. The van der Waals surface area contributed by atoms with Crippen LogP contribution in [0.25, 0.3) is 0 Å². The normalized spacial score (nSPS) is 18.9. The summed E-state index contributed by atoms with van der Waals surface area (Å²) >= 11 is 0. The van der Waals surface area contributed by atoms with E-state index in [0.717, 1.165) is 11.1 Å². The summed E-state index contributed by atoms with van der Waals surface area (Å²) in [6.07, 6.45) is 0. The quantitative estimate of drug-likeness (QED) is 0.456. The van der Waals surface area contributed by atoms with Crippen molar-refractivity contribution in [2.24, 2.45) is 10.4 Å². The average Bonchev–Trinajstić information content (AvgIpc) is 3.12. The highest BCUT2D eigenvalue weighted by molar-refractivity contribution is 6.24. The van der Waals surface area contributed by atoms with Crippen molar-refractivity contribution in [3.05, 3.63) is 65.7 Å². The van der Waals surface area contributed by atoms with Crippen molar-refractivity contribution in [1.82, 2.24) is 4.90 Å². The van der Waals surface area contributed by atoms with Crippen LogP contribution in [-0.2, 0) is 19.1 Å². The van der Waals surface area contributed by atoms with E-state index in [1.54, 1.807) is 13.8 Å². The molecule has 1 fully saturated rings. The van der Waals surface area contributed by atoms with E-state index in [1.165, 1.54) is 0 Å². The Bertz CT molecular complexity index is 989. The molecule has 3 rings (SSSR count). The summed E-state index contributed by atoms with van der Waals surface area (Å²) in [5, 5.41) is 0. The Balaban J connectivity index is 2.36. The van der Waals surface area contributed by atoms with Crippen LogP contribution in [0.2, 0.25) is 0 Å². The molecule has 1 atom stereocenters. The van der Waals surface area contributed by atoms with E-state index in [-0.39, 0.29) is 13.2 Å². The lowest BCUT2D eigenvalue weighted by atomic mass is 9.73. The Kier molecular flexibility index (Phi) is 7.25. The first-order valence-corrected chi connectivity index (χ1v) is 11.5. The second-order valence-electron chi connectivity index (χ2n) is 9.26. The SMILES string of the molecule is CCOC(=O)C1(C(=O)OCC)C(=Nc2ccc(C)cc2)N(C(C)(C)C)CC1c1ccccc1. The number of rotatable bonds is 6. The number of ether oxygens (including phenoxy) is 2. The van der Waals surface area contributed by atoms with Crippen LogP contribution in [0.5, 0.6) is 0 Å². The van der Waals surface area contributed by atoms with Crippen LogP contribution in [0.15, 0.2) is 59.6 Å². The van der Waals surface area contributed by atoms with Gasteiger partial charge in [0.1, 0.15) is 5.84 Å². The van der Waals surface area contributed by atoms with Crippen LogP contribution in [0.1, 0.15) is 51.7 Å². The maximum Gasteiger partial charge on any atom is 0.332 e. The van der Waals surface area contributed by atoms with E-state index < -0.39 is 28.8 Å². The number of esters is 2. The standard InChI is InChI=1S/C27H34N2O4/c1-7-32-24(30)27(25(31)33-8-2)22(20-12-10-9-11-13-20)18-29(26(4,5)6)23(27)28-21-16-14-19(3)15-17-21/h9-17,22H,7-8,18H2,1-6H3. The first-order valence-electron chi connectivity index (χ1n) is 11.5. The lowest BCUT2D eigenvalue weighted by Crippen LogP contribution is -2.53. The summed E-state index contributed by atoms with van der Waals surface area (Å²) in [5.74, 6) is -1.41. The van der Waals surface area contributed by atoms with Gasteiger partial charge < -0.3 is 14.4 Å². The summed E-state index contributed by atoms with van der Waals surface area (Å²) < 4.78 is 11.1. The van der Waals surface area contributed by atoms with Crippen molar-refractivity contribution in [3.8, 4) is 0 Å². The van der Waals surface area contributed by atoms with Crippen LogP contribution in [-0.4, -0.2) is 48.0 Å². The van der Waals surface area contributed by atoms with Crippen LogP contribution in [0.3, 0.4) is 0 Å². The molecule has 0 amide bonds. The molecule has 1 unspecified atom stereocenters. The number of benzene rings is 2. The second-order valence-corrected chi connectivity index (χ2v) is 9.26. The lowest BCUT2D eigenvalue weighted by Gasteiger charge is -2.36.